The van der Waals surface area contributed by atoms with Gasteiger partial charge in [0.2, 0.25) is 0 Å². The third-order valence-electron chi connectivity index (χ3n) is 2.13. The van der Waals surface area contributed by atoms with Gasteiger partial charge in [-0.15, -0.1) is 0 Å². The summed E-state index contributed by atoms with van der Waals surface area (Å²) in [5.41, 5.74) is 0.593. The van der Waals surface area contributed by atoms with Crippen molar-refractivity contribution in [3.05, 3.63) is 57.5 Å². The number of benzene rings is 2. The standard InChI is InChI=1S/C13H8BrClOS/c14-10-2-4-11(5-3-10)17-13-6-1-9(8-16)7-12(13)15/h1-8H. The van der Waals surface area contributed by atoms with Crippen LogP contribution >= 0.6 is 39.3 Å². The molecule has 0 spiro atoms. The zero-order valence-electron chi connectivity index (χ0n) is 8.69. The summed E-state index contributed by atoms with van der Waals surface area (Å²) in [6, 6.07) is 13.3. The second-order valence-electron chi connectivity index (χ2n) is 3.36. The van der Waals surface area contributed by atoms with E-state index in [-0.39, 0.29) is 0 Å². The summed E-state index contributed by atoms with van der Waals surface area (Å²) in [6.07, 6.45) is 0.792. The molecule has 0 aliphatic carbocycles. The van der Waals surface area contributed by atoms with Crippen molar-refractivity contribution in [1.29, 1.82) is 0 Å². The van der Waals surface area contributed by atoms with Gasteiger partial charge >= 0.3 is 0 Å². The Balaban J connectivity index is 2.24. The molecule has 1 nitrogen and oxygen atoms in total. The first-order valence-electron chi connectivity index (χ1n) is 4.87. The van der Waals surface area contributed by atoms with E-state index in [2.05, 4.69) is 15.9 Å². The summed E-state index contributed by atoms with van der Waals surface area (Å²) in [5.74, 6) is 0. The van der Waals surface area contributed by atoms with E-state index >= 15 is 0 Å². The molecule has 0 aromatic heterocycles. The van der Waals surface area contributed by atoms with Gasteiger partial charge in [-0.3, -0.25) is 4.79 Å². The van der Waals surface area contributed by atoms with Crippen molar-refractivity contribution in [2.45, 2.75) is 9.79 Å². The molecule has 0 radical (unpaired) electrons. The molecule has 0 saturated carbocycles. The average Bonchev–Trinajstić information content (AvgIpc) is 2.34. The summed E-state index contributed by atoms with van der Waals surface area (Å²) in [4.78, 5) is 12.6. The average molecular weight is 328 g/mol. The number of carbonyl (C=O) groups is 1. The predicted octanol–water partition coefficient (Wildman–Crippen LogP) is 5.07. The van der Waals surface area contributed by atoms with E-state index in [0.29, 0.717) is 10.6 Å². The zero-order chi connectivity index (χ0) is 12.3. The Morgan fingerprint density at radius 3 is 2.41 bits per heavy atom. The summed E-state index contributed by atoms with van der Waals surface area (Å²) < 4.78 is 1.05. The molecule has 0 aliphatic rings. The lowest BCUT2D eigenvalue weighted by Crippen LogP contribution is -1.81. The molecule has 2 rings (SSSR count). The van der Waals surface area contributed by atoms with Gasteiger partial charge in [0.15, 0.2) is 0 Å². The molecule has 86 valence electrons. The topological polar surface area (TPSA) is 17.1 Å². The third kappa shape index (κ3) is 3.35. The fourth-order valence-corrected chi connectivity index (χ4v) is 2.69. The van der Waals surface area contributed by atoms with Gasteiger partial charge in [-0.1, -0.05) is 45.4 Å². The first-order chi connectivity index (χ1) is 8.19. The first kappa shape index (κ1) is 12.7. The van der Waals surface area contributed by atoms with Gasteiger partial charge in [-0.05, 0) is 36.4 Å². The monoisotopic (exact) mass is 326 g/mol. The fraction of sp³-hybridized carbons (Fsp3) is 0. The fourth-order valence-electron chi connectivity index (χ4n) is 1.30. The SMILES string of the molecule is O=Cc1ccc(Sc2ccc(Br)cc2)c(Cl)c1. The zero-order valence-corrected chi connectivity index (χ0v) is 11.8. The first-order valence-corrected chi connectivity index (χ1v) is 6.86. The van der Waals surface area contributed by atoms with Crippen molar-refractivity contribution in [1.82, 2.24) is 0 Å². The second-order valence-corrected chi connectivity index (χ2v) is 5.80. The van der Waals surface area contributed by atoms with Crippen LogP contribution in [0.25, 0.3) is 0 Å². The highest BCUT2D eigenvalue weighted by Crippen LogP contribution is 2.34. The molecule has 0 amide bonds. The van der Waals surface area contributed by atoms with Gasteiger partial charge in [-0.2, -0.15) is 0 Å². The maximum atomic E-state index is 10.6. The Bertz CT molecular complexity index is 540. The van der Waals surface area contributed by atoms with Crippen molar-refractivity contribution < 1.29 is 4.79 Å². The molecule has 0 bridgehead atoms. The minimum atomic E-state index is 0.593. The minimum absolute atomic E-state index is 0.593. The molecule has 2 aromatic carbocycles. The molecule has 4 heteroatoms. The number of halogens is 2. The smallest absolute Gasteiger partial charge is 0.150 e. The van der Waals surface area contributed by atoms with Crippen LogP contribution in [-0.2, 0) is 0 Å². The maximum absolute atomic E-state index is 10.6. The highest BCUT2D eigenvalue weighted by atomic mass is 79.9. The van der Waals surface area contributed by atoms with E-state index < -0.39 is 0 Å². The molecule has 0 unspecified atom stereocenters. The summed E-state index contributed by atoms with van der Waals surface area (Å²) >= 11 is 11.1. The van der Waals surface area contributed by atoms with Crippen LogP contribution in [0.4, 0.5) is 0 Å². The lowest BCUT2D eigenvalue weighted by Gasteiger charge is -2.04. The van der Waals surface area contributed by atoms with Gasteiger partial charge in [0.05, 0.1) is 5.02 Å². The Morgan fingerprint density at radius 2 is 1.82 bits per heavy atom. The molecule has 0 heterocycles. The quantitative estimate of drug-likeness (QED) is 0.732. The highest BCUT2D eigenvalue weighted by Gasteiger charge is 2.04. The minimum Gasteiger partial charge on any atom is -0.298 e. The van der Waals surface area contributed by atoms with Crippen LogP contribution < -0.4 is 0 Å². The van der Waals surface area contributed by atoms with Crippen LogP contribution in [0.3, 0.4) is 0 Å². The molecular formula is C13H8BrClOS. The van der Waals surface area contributed by atoms with Crippen molar-refractivity contribution >= 4 is 45.6 Å². The van der Waals surface area contributed by atoms with Crippen molar-refractivity contribution in [3.8, 4) is 0 Å². The van der Waals surface area contributed by atoms with E-state index in [1.54, 1.807) is 23.9 Å². The van der Waals surface area contributed by atoms with Crippen molar-refractivity contribution in [3.63, 3.8) is 0 Å². The van der Waals surface area contributed by atoms with Crippen LogP contribution in [0.1, 0.15) is 10.4 Å². The maximum Gasteiger partial charge on any atom is 0.150 e. The molecule has 17 heavy (non-hydrogen) atoms. The summed E-state index contributed by atoms with van der Waals surface area (Å²) in [7, 11) is 0. The van der Waals surface area contributed by atoms with E-state index in [9.17, 15) is 4.79 Å². The lowest BCUT2D eigenvalue weighted by molar-refractivity contribution is 0.112. The largest absolute Gasteiger partial charge is 0.298 e. The Morgan fingerprint density at radius 1 is 1.12 bits per heavy atom. The van der Waals surface area contributed by atoms with E-state index in [1.807, 2.05) is 30.3 Å². The second kappa shape index (κ2) is 5.71. The van der Waals surface area contributed by atoms with Gasteiger partial charge < -0.3 is 0 Å². The predicted molar refractivity (Wildman–Crippen MR) is 75.1 cm³/mol. The molecule has 0 saturated heterocycles. The van der Waals surface area contributed by atoms with E-state index in [0.717, 1.165) is 20.5 Å². The molecule has 0 aliphatic heterocycles. The van der Waals surface area contributed by atoms with Gasteiger partial charge in [-0.25, -0.2) is 0 Å². The molecule has 0 atom stereocenters. The van der Waals surface area contributed by atoms with Crippen LogP contribution in [0.5, 0.6) is 0 Å². The number of rotatable bonds is 3. The molecule has 2 aromatic rings. The van der Waals surface area contributed by atoms with Crippen LogP contribution in [0.15, 0.2) is 56.7 Å². The number of hydrogen-bond donors (Lipinski definition) is 0. The van der Waals surface area contributed by atoms with Gasteiger partial charge in [0, 0.05) is 19.8 Å². The van der Waals surface area contributed by atoms with Crippen molar-refractivity contribution in [2.75, 3.05) is 0 Å². The van der Waals surface area contributed by atoms with Gasteiger partial charge in [0.1, 0.15) is 6.29 Å². The van der Waals surface area contributed by atoms with Crippen LogP contribution in [0.2, 0.25) is 5.02 Å². The Labute approximate surface area is 117 Å². The third-order valence-corrected chi connectivity index (χ3v) is 4.17. The number of hydrogen-bond acceptors (Lipinski definition) is 2. The number of aldehydes is 1. The van der Waals surface area contributed by atoms with E-state index in [4.69, 9.17) is 11.6 Å². The Kier molecular flexibility index (Phi) is 4.26. The summed E-state index contributed by atoms with van der Waals surface area (Å²) in [6.45, 7) is 0. The Hall–Kier alpha value is -0.770. The highest BCUT2D eigenvalue weighted by molar-refractivity contribution is 9.10. The molecular weight excluding hydrogens is 320 g/mol. The normalized spacial score (nSPS) is 10.2. The molecule has 0 fully saturated rings. The number of carbonyl (C=O) groups excluding carboxylic acids is 1. The molecule has 0 N–H and O–H groups in total. The lowest BCUT2D eigenvalue weighted by atomic mass is 10.2. The van der Waals surface area contributed by atoms with Crippen molar-refractivity contribution in [2.24, 2.45) is 0 Å². The van der Waals surface area contributed by atoms with Crippen LogP contribution in [0, 0.1) is 0 Å². The summed E-state index contributed by atoms with van der Waals surface area (Å²) in [5, 5.41) is 0.600. The van der Waals surface area contributed by atoms with Gasteiger partial charge in [0.25, 0.3) is 0 Å². The van der Waals surface area contributed by atoms with E-state index in [1.165, 1.54) is 0 Å². The van der Waals surface area contributed by atoms with Crippen LogP contribution in [-0.4, -0.2) is 6.29 Å².